The number of rotatable bonds is 6. The van der Waals surface area contributed by atoms with Gasteiger partial charge in [-0.25, -0.2) is 0 Å². The Bertz CT molecular complexity index is 647. The molecule has 6 heteroatoms. The number of nitrogens with one attached hydrogen (secondary N) is 1. The summed E-state index contributed by atoms with van der Waals surface area (Å²) in [6, 6.07) is 11.8. The van der Waals surface area contributed by atoms with Gasteiger partial charge < -0.3 is 10.1 Å². The lowest BCUT2D eigenvalue weighted by Crippen LogP contribution is -2.07. The molecule has 21 heavy (non-hydrogen) atoms. The number of hydrogen-bond acceptors (Lipinski definition) is 4. The van der Waals surface area contributed by atoms with Crippen LogP contribution >= 0.6 is 11.6 Å². The summed E-state index contributed by atoms with van der Waals surface area (Å²) in [5.41, 5.74) is 1.74. The van der Waals surface area contributed by atoms with Crippen LogP contribution in [0.1, 0.15) is 11.1 Å². The van der Waals surface area contributed by atoms with Gasteiger partial charge in [-0.2, -0.15) is 0 Å². The highest BCUT2D eigenvalue weighted by Crippen LogP contribution is 2.24. The average Bonchev–Trinajstić information content (AvgIpc) is 2.47. The van der Waals surface area contributed by atoms with Gasteiger partial charge in [-0.05, 0) is 30.8 Å². The predicted octanol–water partition coefficient (Wildman–Crippen LogP) is 3.55. The number of ether oxygens (including phenoxy) is 1. The van der Waals surface area contributed by atoms with E-state index in [1.165, 1.54) is 12.1 Å². The Morgan fingerprint density at radius 3 is 2.81 bits per heavy atom. The fraction of sp³-hybridized carbons (Fsp3) is 0.200. The minimum atomic E-state index is -0.418. The third-order valence-corrected chi connectivity index (χ3v) is 3.14. The molecule has 0 atom stereocenters. The molecule has 0 radical (unpaired) electrons. The first-order valence-electron chi connectivity index (χ1n) is 6.39. The van der Waals surface area contributed by atoms with Crippen molar-refractivity contribution in [3.63, 3.8) is 0 Å². The second-order valence-electron chi connectivity index (χ2n) is 4.50. The van der Waals surface area contributed by atoms with Gasteiger partial charge in [-0.1, -0.05) is 23.7 Å². The molecule has 0 saturated carbocycles. The summed E-state index contributed by atoms with van der Waals surface area (Å²) in [6.45, 7) is 0.894. The van der Waals surface area contributed by atoms with Crippen molar-refractivity contribution in [1.29, 1.82) is 0 Å². The molecule has 1 N–H and O–H groups in total. The Hall–Kier alpha value is -2.11. The van der Waals surface area contributed by atoms with E-state index in [2.05, 4.69) is 5.32 Å². The molecular weight excluding hydrogens is 292 g/mol. The minimum Gasteiger partial charge on any atom is -0.489 e. The molecule has 0 saturated heterocycles. The highest BCUT2D eigenvalue weighted by Gasteiger charge is 2.08. The van der Waals surface area contributed by atoms with E-state index >= 15 is 0 Å². The molecule has 0 spiro atoms. The number of hydrogen-bond donors (Lipinski definition) is 1. The molecule has 110 valence electrons. The zero-order chi connectivity index (χ0) is 15.2. The maximum Gasteiger partial charge on any atom is 0.269 e. The lowest BCUT2D eigenvalue weighted by molar-refractivity contribution is -0.384. The van der Waals surface area contributed by atoms with Gasteiger partial charge in [0.25, 0.3) is 5.69 Å². The molecule has 0 aliphatic rings. The van der Waals surface area contributed by atoms with Crippen molar-refractivity contribution in [2.24, 2.45) is 0 Å². The second kappa shape index (κ2) is 7.06. The fourth-order valence-electron chi connectivity index (χ4n) is 1.94. The van der Waals surface area contributed by atoms with E-state index in [1.807, 2.05) is 13.1 Å². The summed E-state index contributed by atoms with van der Waals surface area (Å²) in [5, 5.41) is 14.4. The van der Waals surface area contributed by atoms with E-state index in [-0.39, 0.29) is 12.3 Å². The van der Waals surface area contributed by atoms with E-state index in [1.54, 1.807) is 24.3 Å². The minimum absolute atomic E-state index is 0.0580. The molecule has 2 rings (SSSR count). The van der Waals surface area contributed by atoms with Gasteiger partial charge in [0.05, 0.1) is 4.92 Å². The molecule has 0 aliphatic heterocycles. The lowest BCUT2D eigenvalue weighted by atomic mass is 10.2. The lowest BCUT2D eigenvalue weighted by Gasteiger charge is -2.12. The number of benzene rings is 2. The summed E-state index contributed by atoms with van der Waals surface area (Å²) < 4.78 is 5.74. The number of nitro groups is 1. The highest BCUT2D eigenvalue weighted by atomic mass is 35.5. The molecule has 0 aliphatic carbocycles. The standard InChI is InChI=1S/C15H15ClN2O3/c1-17-9-12-8-13(16)5-6-15(12)21-10-11-3-2-4-14(7-11)18(19)20/h2-8,17H,9-10H2,1H3. The molecule has 0 unspecified atom stereocenters. The van der Waals surface area contributed by atoms with Crippen LogP contribution in [-0.2, 0) is 13.2 Å². The smallest absolute Gasteiger partial charge is 0.269 e. The third kappa shape index (κ3) is 4.18. The van der Waals surface area contributed by atoms with Crippen molar-refractivity contribution < 1.29 is 9.66 Å². The number of nitro benzene ring substituents is 1. The van der Waals surface area contributed by atoms with Gasteiger partial charge in [0.2, 0.25) is 0 Å². The summed E-state index contributed by atoms with van der Waals surface area (Å²) in [4.78, 5) is 10.3. The second-order valence-corrected chi connectivity index (χ2v) is 4.93. The van der Waals surface area contributed by atoms with Crippen molar-refractivity contribution in [3.8, 4) is 5.75 Å². The largest absolute Gasteiger partial charge is 0.489 e. The van der Waals surface area contributed by atoms with Crippen LogP contribution in [0.15, 0.2) is 42.5 Å². The van der Waals surface area contributed by atoms with Crippen LogP contribution < -0.4 is 10.1 Å². The molecule has 2 aromatic rings. The van der Waals surface area contributed by atoms with Crippen molar-refractivity contribution in [2.45, 2.75) is 13.2 Å². The monoisotopic (exact) mass is 306 g/mol. The van der Waals surface area contributed by atoms with Gasteiger partial charge in [0.1, 0.15) is 12.4 Å². The van der Waals surface area contributed by atoms with Gasteiger partial charge in [-0.3, -0.25) is 10.1 Å². The predicted molar refractivity (Wildman–Crippen MR) is 81.6 cm³/mol. The SMILES string of the molecule is CNCc1cc(Cl)ccc1OCc1cccc([N+](=O)[O-])c1. The summed E-state index contributed by atoms with van der Waals surface area (Å²) in [6.07, 6.45) is 0. The first-order valence-corrected chi connectivity index (χ1v) is 6.77. The van der Waals surface area contributed by atoms with E-state index in [0.29, 0.717) is 17.3 Å². The van der Waals surface area contributed by atoms with Crippen molar-refractivity contribution in [3.05, 3.63) is 68.7 Å². The first kappa shape index (κ1) is 15.3. The normalized spacial score (nSPS) is 10.4. The van der Waals surface area contributed by atoms with Crippen molar-refractivity contribution in [1.82, 2.24) is 5.32 Å². The highest BCUT2D eigenvalue weighted by molar-refractivity contribution is 6.30. The van der Waals surface area contributed by atoms with Crippen LogP contribution in [-0.4, -0.2) is 12.0 Å². The van der Waals surface area contributed by atoms with Crippen molar-refractivity contribution >= 4 is 17.3 Å². The van der Waals surface area contributed by atoms with Crippen LogP contribution in [0.5, 0.6) is 5.75 Å². The zero-order valence-electron chi connectivity index (χ0n) is 11.5. The van der Waals surface area contributed by atoms with Crippen LogP contribution in [0.2, 0.25) is 5.02 Å². The first-order chi connectivity index (χ1) is 10.1. The maximum absolute atomic E-state index is 10.7. The van der Waals surface area contributed by atoms with Crippen LogP contribution in [0, 0.1) is 10.1 Å². The van der Waals surface area contributed by atoms with Crippen LogP contribution in [0.4, 0.5) is 5.69 Å². The molecule has 0 bridgehead atoms. The fourth-order valence-corrected chi connectivity index (χ4v) is 2.13. The third-order valence-electron chi connectivity index (χ3n) is 2.91. The Morgan fingerprint density at radius 2 is 2.10 bits per heavy atom. The van der Waals surface area contributed by atoms with Gasteiger partial charge >= 0.3 is 0 Å². The molecule has 0 amide bonds. The van der Waals surface area contributed by atoms with E-state index in [4.69, 9.17) is 16.3 Å². The van der Waals surface area contributed by atoms with E-state index in [0.717, 1.165) is 11.1 Å². The van der Waals surface area contributed by atoms with Gasteiger partial charge in [-0.15, -0.1) is 0 Å². The van der Waals surface area contributed by atoms with E-state index < -0.39 is 4.92 Å². The molecule has 5 nitrogen and oxygen atoms in total. The number of halogens is 1. The van der Waals surface area contributed by atoms with Gasteiger partial charge in [0.15, 0.2) is 0 Å². The van der Waals surface area contributed by atoms with Crippen molar-refractivity contribution in [2.75, 3.05) is 7.05 Å². The molecule has 2 aromatic carbocycles. The molecule has 0 fully saturated rings. The molecule has 0 heterocycles. The Labute approximate surface area is 127 Å². The molecular formula is C15H15ClN2O3. The summed E-state index contributed by atoms with van der Waals surface area (Å²) >= 11 is 5.97. The summed E-state index contributed by atoms with van der Waals surface area (Å²) in [5.74, 6) is 0.709. The topological polar surface area (TPSA) is 64.4 Å². The zero-order valence-corrected chi connectivity index (χ0v) is 12.3. The Morgan fingerprint density at radius 1 is 1.29 bits per heavy atom. The maximum atomic E-state index is 10.7. The van der Waals surface area contributed by atoms with Gasteiger partial charge in [0, 0.05) is 29.3 Å². The number of nitrogens with zero attached hydrogens (tertiary/aromatic N) is 1. The van der Waals surface area contributed by atoms with Crippen LogP contribution in [0.3, 0.4) is 0 Å². The molecule has 0 aromatic heterocycles. The summed E-state index contributed by atoms with van der Waals surface area (Å²) in [7, 11) is 1.84. The Balaban J connectivity index is 2.12. The van der Waals surface area contributed by atoms with E-state index in [9.17, 15) is 10.1 Å². The van der Waals surface area contributed by atoms with Crippen LogP contribution in [0.25, 0.3) is 0 Å². The quantitative estimate of drug-likeness (QED) is 0.655. The number of non-ortho nitro benzene ring substituents is 1. The average molecular weight is 307 g/mol. The Kier molecular flexibility index (Phi) is 5.14.